The van der Waals surface area contributed by atoms with Gasteiger partial charge in [0.15, 0.2) is 0 Å². The van der Waals surface area contributed by atoms with Crippen molar-refractivity contribution in [3.63, 3.8) is 0 Å². The minimum Gasteiger partial charge on any atom is -0.311 e. The van der Waals surface area contributed by atoms with Crippen LogP contribution in [0.25, 0.3) is 0 Å². The van der Waals surface area contributed by atoms with Crippen LogP contribution < -0.4 is 5.32 Å². The third kappa shape index (κ3) is 4.52. The second-order valence-electron chi connectivity index (χ2n) is 3.99. The van der Waals surface area contributed by atoms with Crippen molar-refractivity contribution >= 4 is 26.7 Å². The van der Waals surface area contributed by atoms with Crippen LogP contribution in [0.4, 0.5) is 0 Å². The van der Waals surface area contributed by atoms with E-state index in [4.69, 9.17) is 0 Å². The van der Waals surface area contributed by atoms with Crippen LogP contribution in [0.1, 0.15) is 24.7 Å². The van der Waals surface area contributed by atoms with Gasteiger partial charge in [-0.2, -0.15) is 5.10 Å². The molecule has 1 heterocycles. The maximum absolute atomic E-state index is 10.9. The zero-order valence-electron chi connectivity index (χ0n) is 10.6. The van der Waals surface area contributed by atoms with Crippen LogP contribution in [0.3, 0.4) is 0 Å². The zero-order valence-corrected chi connectivity index (χ0v) is 13.0. The summed E-state index contributed by atoms with van der Waals surface area (Å²) >= 11 is 3.58. The normalized spacial score (nSPS) is 12.9. The fourth-order valence-electron chi connectivity index (χ4n) is 1.62. The average molecular weight is 322 g/mol. The molecule has 4 nitrogen and oxygen atoms in total. The van der Waals surface area contributed by atoms with Crippen LogP contribution in [-0.4, -0.2) is 32.5 Å². The van der Waals surface area contributed by atoms with Gasteiger partial charge in [0.1, 0.15) is 0 Å². The van der Waals surface area contributed by atoms with Gasteiger partial charge in [0.25, 0.3) is 0 Å². The van der Waals surface area contributed by atoms with Gasteiger partial charge in [-0.15, -0.1) is 0 Å². The van der Waals surface area contributed by atoms with Gasteiger partial charge in [0, 0.05) is 36.4 Å². The summed E-state index contributed by atoms with van der Waals surface area (Å²) in [6, 6.07) is 0. The number of aromatic nitrogens is 2. The molecule has 0 fully saturated rings. The van der Waals surface area contributed by atoms with Gasteiger partial charge in [0.2, 0.25) is 0 Å². The molecule has 6 heteroatoms. The van der Waals surface area contributed by atoms with Crippen LogP contribution in [0.5, 0.6) is 0 Å². The highest BCUT2D eigenvalue weighted by Crippen LogP contribution is 2.21. The summed E-state index contributed by atoms with van der Waals surface area (Å²) < 4.78 is 13.9. The molecule has 0 aromatic carbocycles. The first-order valence-corrected chi connectivity index (χ1v) is 8.29. The summed E-state index contributed by atoms with van der Waals surface area (Å²) in [5.41, 5.74) is 2.26. The molecule has 1 unspecified atom stereocenters. The monoisotopic (exact) mass is 321 g/mol. The Labute approximate surface area is 114 Å². The number of aryl methyl sites for hydroxylation is 2. The first-order valence-electron chi connectivity index (χ1n) is 5.77. The maximum atomic E-state index is 10.9. The third-order valence-electron chi connectivity index (χ3n) is 2.58. The highest BCUT2D eigenvalue weighted by atomic mass is 79.9. The highest BCUT2D eigenvalue weighted by molar-refractivity contribution is 9.10. The fourth-order valence-corrected chi connectivity index (χ4v) is 2.93. The Hall–Kier alpha value is -0.200. The quantitative estimate of drug-likeness (QED) is 0.776. The molecule has 1 rings (SSSR count). The highest BCUT2D eigenvalue weighted by Gasteiger charge is 2.11. The topological polar surface area (TPSA) is 46.9 Å². The lowest BCUT2D eigenvalue weighted by molar-refractivity contribution is 0.615. The molecule has 0 amide bonds. The smallest absolute Gasteiger partial charge is 0.0767 e. The second kappa shape index (κ2) is 7.28. The summed E-state index contributed by atoms with van der Waals surface area (Å²) in [6.45, 7) is 3.78. The first-order chi connectivity index (χ1) is 8.06. The van der Waals surface area contributed by atoms with Crippen molar-refractivity contribution in [3.8, 4) is 0 Å². The van der Waals surface area contributed by atoms with Crippen LogP contribution in [0.15, 0.2) is 4.47 Å². The number of nitrogens with zero attached hydrogens (tertiary/aromatic N) is 2. The van der Waals surface area contributed by atoms with E-state index in [1.54, 1.807) is 6.26 Å². The van der Waals surface area contributed by atoms with Gasteiger partial charge in [-0.3, -0.25) is 8.89 Å². The lowest BCUT2D eigenvalue weighted by atomic mass is 10.3. The van der Waals surface area contributed by atoms with Crippen molar-refractivity contribution in [1.82, 2.24) is 15.1 Å². The third-order valence-corrected chi connectivity index (χ3v) is 4.36. The van der Waals surface area contributed by atoms with Crippen molar-refractivity contribution in [2.24, 2.45) is 7.05 Å². The molecule has 98 valence electrons. The lowest BCUT2D eigenvalue weighted by Crippen LogP contribution is -2.18. The van der Waals surface area contributed by atoms with E-state index in [0.29, 0.717) is 0 Å². The number of hydrogen-bond donors (Lipinski definition) is 1. The van der Waals surface area contributed by atoms with E-state index in [-0.39, 0.29) is 0 Å². The zero-order chi connectivity index (χ0) is 12.8. The largest absolute Gasteiger partial charge is 0.311 e. The lowest BCUT2D eigenvalue weighted by Gasteiger charge is -2.05. The predicted molar refractivity (Wildman–Crippen MR) is 75.5 cm³/mol. The van der Waals surface area contributed by atoms with Crippen molar-refractivity contribution in [2.75, 3.05) is 18.6 Å². The first kappa shape index (κ1) is 14.9. The van der Waals surface area contributed by atoms with Crippen LogP contribution in [0, 0.1) is 0 Å². The van der Waals surface area contributed by atoms with E-state index >= 15 is 0 Å². The van der Waals surface area contributed by atoms with Gasteiger partial charge in [-0.05, 0) is 35.3 Å². The Bertz CT molecular complexity index is 392. The summed E-state index contributed by atoms with van der Waals surface area (Å²) in [4.78, 5) is 0. The van der Waals surface area contributed by atoms with Gasteiger partial charge in [0.05, 0.1) is 15.9 Å². The Balaban J connectivity index is 2.41. The van der Waals surface area contributed by atoms with Crippen molar-refractivity contribution in [2.45, 2.75) is 26.3 Å². The minimum atomic E-state index is -0.686. The van der Waals surface area contributed by atoms with Gasteiger partial charge < -0.3 is 5.32 Å². The second-order valence-corrected chi connectivity index (χ2v) is 6.34. The molecule has 0 aliphatic carbocycles. The van der Waals surface area contributed by atoms with Crippen LogP contribution in [-0.2, 0) is 30.8 Å². The average Bonchev–Trinajstić information content (AvgIpc) is 2.54. The van der Waals surface area contributed by atoms with Crippen LogP contribution >= 0.6 is 15.9 Å². The van der Waals surface area contributed by atoms with Crippen molar-refractivity contribution in [1.29, 1.82) is 0 Å². The van der Waals surface area contributed by atoms with Gasteiger partial charge >= 0.3 is 0 Å². The van der Waals surface area contributed by atoms with E-state index in [0.717, 1.165) is 41.9 Å². The molecular formula is C11H20BrN3OS. The predicted octanol–water partition coefficient (Wildman–Crippen LogP) is 1.60. The summed E-state index contributed by atoms with van der Waals surface area (Å²) in [5.74, 6) is 0.764. The molecule has 1 N–H and O–H groups in total. The molecule has 1 atom stereocenters. The summed E-state index contributed by atoms with van der Waals surface area (Å²) in [5, 5.41) is 7.79. The number of hydrogen-bond acceptors (Lipinski definition) is 3. The van der Waals surface area contributed by atoms with Gasteiger partial charge in [-0.25, -0.2) is 0 Å². The molecular weight excluding hydrogens is 302 g/mol. The fraction of sp³-hybridized carbons (Fsp3) is 0.727. The molecule has 0 aliphatic rings. The Morgan fingerprint density at radius 1 is 1.53 bits per heavy atom. The molecule has 1 aromatic rings. The van der Waals surface area contributed by atoms with E-state index in [1.165, 1.54) is 5.69 Å². The van der Waals surface area contributed by atoms with Crippen LogP contribution in [0.2, 0.25) is 0 Å². The van der Waals surface area contributed by atoms with Crippen molar-refractivity contribution in [3.05, 3.63) is 15.9 Å². The van der Waals surface area contributed by atoms with E-state index in [1.807, 2.05) is 11.7 Å². The SMILES string of the molecule is CCc1nn(C)c(CNCCCS(C)=O)c1Br. The minimum absolute atomic E-state index is 0.686. The molecule has 0 saturated heterocycles. The standard InChI is InChI=1S/C11H20BrN3OS/c1-4-9-11(12)10(15(2)14-9)8-13-6-5-7-17(3)16/h13H,4-8H2,1-3H3. The molecule has 17 heavy (non-hydrogen) atoms. The molecule has 0 radical (unpaired) electrons. The van der Waals surface area contributed by atoms with E-state index < -0.39 is 10.8 Å². The molecule has 0 aliphatic heterocycles. The number of nitrogens with one attached hydrogen (secondary N) is 1. The van der Waals surface area contributed by atoms with E-state index in [9.17, 15) is 4.21 Å². The number of halogens is 1. The summed E-state index contributed by atoms with van der Waals surface area (Å²) in [6.07, 6.45) is 3.62. The van der Waals surface area contributed by atoms with Gasteiger partial charge in [-0.1, -0.05) is 6.92 Å². The number of rotatable bonds is 7. The molecule has 0 spiro atoms. The maximum Gasteiger partial charge on any atom is 0.0767 e. The van der Waals surface area contributed by atoms with E-state index in [2.05, 4.69) is 33.3 Å². The Morgan fingerprint density at radius 2 is 2.24 bits per heavy atom. The Kier molecular flexibility index (Phi) is 6.37. The summed E-state index contributed by atoms with van der Waals surface area (Å²) in [7, 11) is 1.27. The molecule has 1 aromatic heterocycles. The van der Waals surface area contributed by atoms with Crippen molar-refractivity contribution < 1.29 is 4.21 Å². The Morgan fingerprint density at radius 3 is 2.76 bits per heavy atom. The molecule has 0 saturated carbocycles. The molecule has 0 bridgehead atoms.